The Kier molecular flexibility index (Phi) is 3.09. The highest BCUT2D eigenvalue weighted by molar-refractivity contribution is 7.90. The van der Waals surface area contributed by atoms with Gasteiger partial charge in [0.05, 0.1) is 11.9 Å². The van der Waals surface area contributed by atoms with E-state index in [4.69, 9.17) is 4.74 Å². The summed E-state index contributed by atoms with van der Waals surface area (Å²) in [6.45, 7) is 2.99. The number of hydrogen-bond donors (Lipinski definition) is 1. The van der Waals surface area contributed by atoms with Crippen LogP contribution in [0.3, 0.4) is 0 Å². The van der Waals surface area contributed by atoms with Gasteiger partial charge in [0.15, 0.2) is 0 Å². The molecular weight excluding hydrogens is 178 g/mol. The Morgan fingerprint density at radius 3 is 2.67 bits per heavy atom. The highest BCUT2D eigenvalue weighted by atomic mass is 32.2. The Hall–Kier alpha value is -0.130. The Morgan fingerprint density at radius 2 is 2.25 bits per heavy atom. The van der Waals surface area contributed by atoms with Crippen molar-refractivity contribution in [3.63, 3.8) is 0 Å². The minimum Gasteiger partial charge on any atom is -0.381 e. The predicted octanol–water partition coefficient (Wildman–Crippen LogP) is -0.0394. The monoisotopic (exact) mass is 193 g/mol. The van der Waals surface area contributed by atoms with Crippen LogP contribution in [0.4, 0.5) is 0 Å². The summed E-state index contributed by atoms with van der Waals surface area (Å²) in [6.07, 6.45) is 0.849. The van der Waals surface area contributed by atoms with Gasteiger partial charge < -0.3 is 4.74 Å². The molecule has 5 heteroatoms. The Morgan fingerprint density at radius 1 is 1.58 bits per heavy atom. The highest BCUT2D eigenvalue weighted by Crippen LogP contribution is 2.20. The molecule has 1 heterocycles. The topological polar surface area (TPSA) is 55.4 Å². The molecular formula is C7H15NO3S. The van der Waals surface area contributed by atoms with Gasteiger partial charge in [-0.05, 0) is 20.4 Å². The lowest BCUT2D eigenvalue weighted by molar-refractivity contribution is 0.185. The van der Waals surface area contributed by atoms with Gasteiger partial charge in [-0.25, -0.2) is 13.1 Å². The van der Waals surface area contributed by atoms with Gasteiger partial charge in [-0.1, -0.05) is 0 Å². The van der Waals surface area contributed by atoms with Crippen LogP contribution >= 0.6 is 0 Å². The minimum atomic E-state index is -3.11. The fourth-order valence-electron chi connectivity index (χ4n) is 1.36. The van der Waals surface area contributed by atoms with Crippen LogP contribution in [-0.4, -0.2) is 33.9 Å². The molecule has 1 fully saturated rings. The van der Waals surface area contributed by atoms with E-state index in [-0.39, 0.29) is 11.2 Å². The van der Waals surface area contributed by atoms with Crippen LogP contribution in [0.2, 0.25) is 0 Å². The average Bonchev–Trinajstić information content (AvgIpc) is 2.55. The molecule has 2 atom stereocenters. The third-order valence-electron chi connectivity index (χ3n) is 2.40. The maximum atomic E-state index is 11.3. The van der Waals surface area contributed by atoms with E-state index in [2.05, 4.69) is 4.72 Å². The lowest BCUT2D eigenvalue weighted by Gasteiger charge is -2.16. The summed E-state index contributed by atoms with van der Waals surface area (Å²) in [5.74, 6) is 0.155. The Bertz CT molecular complexity index is 231. The zero-order chi connectivity index (χ0) is 9.19. The second-order valence-corrected chi connectivity index (χ2v) is 5.32. The van der Waals surface area contributed by atoms with Crippen LogP contribution in [-0.2, 0) is 14.8 Å². The van der Waals surface area contributed by atoms with E-state index in [0.29, 0.717) is 13.2 Å². The zero-order valence-electron chi connectivity index (χ0n) is 7.41. The van der Waals surface area contributed by atoms with Crippen LogP contribution in [0.15, 0.2) is 0 Å². The molecule has 1 aliphatic rings. The van der Waals surface area contributed by atoms with Gasteiger partial charge in [0.1, 0.15) is 0 Å². The number of rotatable bonds is 3. The van der Waals surface area contributed by atoms with Gasteiger partial charge in [0.2, 0.25) is 10.0 Å². The second kappa shape index (κ2) is 3.72. The SMILES string of the molecule is CNS(=O)(=O)C(C)C1CCOC1. The summed E-state index contributed by atoms with van der Waals surface area (Å²) < 4.78 is 30.1. The molecule has 0 radical (unpaired) electrons. The van der Waals surface area contributed by atoms with Crippen molar-refractivity contribution in [2.75, 3.05) is 20.3 Å². The lowest BCUT2D eigenvalue weighted by atomic mass is 10.1. The van der Waals surface area contributed by atoms with Gasteiger partial charge in [0.25, 0.3) is 0 Å². The molecule has 0 aromatic heterocycles. The van der Waals surface area contributed by atoms with Crippen LogP contribution in [0, 0.1) is 5.92 Å². The third-order valence-corrected chi connectivity index (χ3v) is 4.34. The van der Waals surface area contributed by atoms with Gasteiger partial charge in [-0.15, -0.1) is 0 Å². The van der Waals surface area contributed by atoms with Crippen molar-refractivity contribution < 1.29 is 13.2 Å². The summed E-state index contributed by atoms with van der Waals surface area (Å²) in [6, 6.07) is 0. The number of sulfonamides is 1. The molecule has 4 nitrogen and oxygen atoms in total. The zero-order valence-corrected chi connectivity index (χ0v) is 8.23. The molecule has 2 unspecified atom stereocenters. The molecule has 1 aliphatic heterocycles. The average molecular weight is 193 g/mol. The first kappa shape index (κ1) is 9.95. The van der Waals surface area contributed by atoms with Crippen LogP contribution < -0.4 is 4.72 Å². The highest BCUT2D eigenvalue weighted by Gasteiger charge is 2.30. The third kappa shape index (κ3) is 1.97. The first-order valence-electron chi connectivity index (χ1n) is 4.08. The maximum absolute atomic E-state index is 11.3. The molecule has 0 bridgehead atoms. The molecule has 0 aromatic carbocycles. The quantitative estimate of drug-likeness (QED) is 0.684. The molecule has 0 aromatic rings. The summed E-state index contributed by atoms with van der Waals surface area (Å²) in [4.78, 5) is 0. The van der Waals surface area contributed by atoms with E-state index in [1.165, 1.54) is 7.05 Å². The van der Waals surface area contributed by atoms with Gasteiger partial charge in [-0.3, -0.25) is 0 Å². The Balaban J connectivity index is 2.63. The molecule has 0 saturated carbocycles. The second-order valence-electron chi connectivity index (χ2n) is 3.08. The van der Waals surface area contributed by atoms with Crippen LogP contribution in [0.1, 0.15) is 13.3 Å². The number of hydrogen-bond acceptors (Lipinski definition) is 3. The van der Waals surface area contributed by atoms with Crippen molar-refractivity contribution in [1.29, 1.82) is 0 Å². The van der Waals surface area contributed by atoms with Crippen LogP contribution in [0.25, 0.3) is 0 Å². The molecule has 1 N–H and O–H groups in total. The van der Waals surface area contributed by atoms with Gasteiger partial charge in [-0.2, -0.15) is 0 Å². The molecule has 0 aliphatic carbocycles. The van der Waals surface area contributed by atoms with Gasteiger partial charge >= 0.3 is 0 Å². The number of ether oxygens (including phenoxy) is 1. The molecule has 1 saturated heterocycles. The van der Waals surface area contributed by atoms with E-state index in [0.717, 1.165) is 6.42 Å². The van der Waals surface area contributed by atoms with Gasteiger partial charge in [0, 0.05) is 12.5 Å². The molecule has 72 valence electrons. The van der Waals surface area contributed by atoms with Crippen molar-refractivity contribution >= 4 is 10.0 Å². The van der Waals surface area contributed by atoms with Crippen molar-refractivity contribution in [3.05, 3.63) is 0 Å². The maximum Gasteiger partial charge on any atom is 0.214 e. The first-order chi connectivity index (χ1) is 5.58. The summed E-state index contributed by atoms with van der Waals surface area (Å²) in [7, 11) is -1.67. The van der Waals surface area contributed by atoms with Crippen molar-refractivity contribution in [2.24, 2.45) is 5.92 Å². The largest absolute Gasteiger partial charge is 0.381 e. The summed E-state index contributed by atoms with van der Waals surface area (Å²) in [5.41, 5.74) is 0. The lowest BCUT2D eigenvalue weighted by Crippen LogP contribution is -2.35. The van der Waals surface area contributed by atoms with Crippen molar-refractivity contribution in [2.45, 2.75) is 18.6 Å². The van der Waals surface area contributed by atoms with Crippen molar-refractivity contribution in [3.8, 4) is 0 Å². The van der Waals surface area contributed by atoms with E-state index in [9.17, 15) is 8.42 Å². The summed E-state index contributed by atoms with van der Waals surface area (Å²) >= 11 is 0. The number of nitrogens with one attached hydrogen (secondary N) is 1. The molecule has 0 amide bonds. The normalized spacial score (nSPS) is 27.3. The minimum absolute atomic E-state index is 0.155. The van der Waals surface area contributed by atoms with E-state index in [1.54, 1.807) is 6.92 Å². The van der Waals surface area contributed by atoms with E-state index in [1.807, 2.05) is 0 Å². The van der Waals surface area contributed by atoms with Crippen LogP contribution in [0.5, 0.6) is 0 Å². The molecule has 0 spiro atoms. The Labute approximate surface area is 73.3 Å². The fraction of sp³-hybridized carbons (Fsp3) is 1.00. The van der Waals surface area contributed by atoms with E-state index < -0.39 is 10.0 Å². The van der Waals surface area contributed by atoms with E-state index >= 15 is 0 Å². The first-order valence-corrected chi connectivity index (χ1v) is 5.62. The smallest absolute Gasteiger partial charge is 0.214 e. The predicted molar refractivity (Wildman–Crippen MR) is 46.4 cm³/mol. The summed E-state index contributed by atoms with van der Waals surface area (Å²) in [5, 5.41) is -0.343. The molecule has 12 heavy (non-hydrogen) atoms. The van der Waals surface area contributed by atoms with Crippen molar-refractivity contribution in [1.82, 2.24) is 4.72 Å². The fourth-order valence-corrected chi connectivity index (χ4v) is 2.46. The standard InChI is InChI=1S/C7H15NO3S/c1-6(12(9,10)8-2)7-3-4-11-5-7/h6-8H,3-5H2,1-2H3. The molecule has 1 rings (SSSR count).